The number of ether oxygens (including phenoxy) is 1. The molecule has 4 nitrogen and oxygen atoms in total. The third-order valence-corrected chi connectivity index (χ3v) is 3.53. The molecule has 1 aliphatic heterocycles. The summed E-state index contributed by atoms with van der Waals surface area (Å²) in [7, 11) is 0. The number of halogens is 2. The molecule has 6 heteroatoms. The normalized spacial score (nSPS) is 15.1. The van der Waals surface area contributed by atoms with Crippen LogP contribution in [0.5, 0.6) is 17.2 Å². The Labute approximate surface area is 127 Å². The summed E-state index contributed by atoms with van der Waals surface area (Å²) in [4.78, 5) is 12.1. The average molecular weight is 351 g/mol. The minimum Gasteiger partial charge on any atom is -0.504 e. The largest absolute Gasteiger partial charge is 0.504 e. The summed E-state index contributed by atoms with van der Waals surface area (Å²) in [5.74, 6) is -2.15. The summed E-state index contributed by atoms with van der Waals surface area (Å²) < 4.78 is 19.6. The lowest BCUT2D eigenvalue weighted by atomic mass is 10.1. The summed E-state index contributed by atoms with van der Waals surface area (Å²) in [5, 5.41) is 19.1. The summed E-state index contributed by atoms with van der Waals surface area (Å²) in [6, 6.07) is 6.92. The Kier molecular flexibility index (Phi) is 3.17. The molecule has 2 N–H and O–H groups in total. The van der Waals surface area contributed by atoms with Crippen molar-refractivity contribution in [3.8, 4) is 17.2 Å². The van der Waals surface area contributed by atoms with E-state index in [1.807, 2.05) is 0 Å². The molecule has 0 saturated carbocycles. The third-order valence-electron chi connectivity index (χ3n) is 3.04. The highest BCUT2D eigenvalue weighted by Gasteiger charge is 2.31. The van der Waals surface area contributed by atoms with E-state index in [-0.39, 0.29) is 22.6 Å². The number of Topliss-reactive ketones (excluding diaryl/α,β-unsaturated/α-hetero) is 1. The second-order valence-electron chi connectivity index (χ2n) is 4.42. The zero-order valence-electron chi connectivity index (χ0n) is 10.4. The van der Waals surface area contributed by atoms with E-state index in [1.54, 1.807) is 6.07 Å². The van der Waals surface area contributed by atoms with Crippen LogP contribution in [0.15, 0.2) is 40.6 Å². The molecule has 0 fully saturated rings. The summed E-state index contributed by atoms with van der Waals surface area (Å²) in [6.07, 6.45) is 1.25. The molecule has 2 aromatic rings. The number of aromatic hydroxyl groups is 2. The SMILES string of the molecule is O=C1C(=Cc2ccc(Br)cc2F)Oc2c1ccc(O)c2O. The van der Waals surface area contributed by atoms with Crippen LogP contribution in [0.4, 0.5) is 4.39 Å². The van der Waals surface area contributed by atoms with E-state index in [1.165, 1.54) is 30.3 Å². The molecular weight excluding hydrogens is 343 g/mol. The van der Waals surface area contributed by atoms with Crippen LogP contribution in [0, 0.1) is 5.82 Å². The Morgan fingerprint density at radius 2 is 1.95 bits per heavy atom. The number of hydrogen-bond donors (Lipinski definition) is 2. The smallest absolute Gasteiger partial charge is 0.232 e. The summed E-state index contributed by atoms with van der Waals surface area (Å²) >= 11 is 3.14. The lowest BCUT2D eigenvalue weighted by molar-refractivity contribution is 0.101. The monoisotopic (exact) mass is 350 g/mol. The molecule has 106 valence electrons. The molecule has 0 aromatic heterocycles. The molecule has 0 amide bonds. The number of ketones is 1. The molecule has 21 heavy (non-hydrogen) atoms. The highest BCUT2D eigenvalue weighted by atomic mass is 79.9. The number of carbonyl (C=O) groups is 1. The van der Waals surface area contributed by atoms with Gasteiger partial charge in [0.15, 0.2) is 17.3 Å². The van der Waals surface area contributed by atoms with Gasteiger partial charge in [0.25, 0.3) is 0 Å². The van der Waals surface area contributed by atoms with E-state index >= 15 is 0 Å². The van der Waals surface area contributed by atoms with E-state index in [4.69, 9.17) is 4.74 Å². The maximum atomic E-state index is 13.8. The van der Waals surface area contributed by atoms with Crippen LogP contribution in [-0.4, -0.2) is 16.0 Å². The van der Waals surface area contributed by atoms with Gasteiger partial charge in [0, 0.05) is 10.0 Å². The van der Waals surface area contributed by atoms with Gasteiger partial charge in [-0.1, -0.05) is 22.0 Å². The lowest BCUT2D eigenvalue weighted by Crippen LogP contribution is -1.98. The van der Waals surface area contributed by atoms with Gasteiger partial charge in [0.1, 0.15) is 5.82 Å². The maximum Gasteiger partial charge on any atom is 0.232 e. The average Bonchev–Trinajstić information content (AvgIpc) is 2.75. The van der Waals surface area contributed by atoms with Gasteiger partial charge in [-0.3, -0.25) is 4.79 Å². The quantitative estimate of drug-likeness (QED) is 0.608. The zero-order chi connectivity index (χ0) is 15.1. The number of allylic oxidation sites excluding steroid dienone is 1. The van der Waals surface area contributed by atoms with Crippen molar-refractivity contribution in [2.45, 2.75) is 0 Å². The first-order valence-electron chi connectivity index (χ1n) is 5.91. The van der Waals surface area contributed by atoms with Gasteiger partial charge < -0.3 is 14.9 Å². The fraction of sp³-hybridized carbons (Fsp3) is 0. The Morgan fingerprint density at radius 3 is 2.67 bits per heavy atom. The van der Waals surface area contributed by atoms with Crippen LogP contribution in [-0.2, 0) is 0 Å². The molecule has 0 aliphatic carbocycles. The van der Waals surface area contributed by atoms with Gasteiger partial charge in [-0.25, -0.2) is 4.39 Å². The van der Waals surface area contributed by atoms with Crippen molar-refractivity contribution in [3.05, 3.63) is 57.5 Å². The Hall–Kier alpha value is -2.34. The summed E-state index contributed by atoms with van der Waals surface area (Å²) in [5.41, 5.74) is 0.298. The van der Waals surface area contributed by atoms with Gasteiger partial charge in [-0.2, -0.15) is 0 Å². The van der Waals surface area contributed by atoms with Crippen LogP contribution in [0.2, 0.25) is 0 Å². The highest BCUT2D eigenvalue weighted by molar-refractivity contribution is 9.10. The number of rotatable bonds is 1. The minimum atomic E-state index is -0.517. The predicted octanol–water partition coefficient (Wildman–Crippen LogP) is 3.62. The minimum absolute atomic E-state index is 0.118. The Bertz CT molecular complexity index is 799. The van der Waals surface area contributed by atoms with Gasteiger partial charge in [-0.05, 0) is 30.3 Å². The van der Waals surface area contributed by atoms with Crippen molar-refractivity contribution < 1.29 is 24.1 Å². The first-order chi connectivity index (χ1) is 9.97. The van der Waals surface area contributed by atoms with Crippen molar-refractivity contribution in [1.82, 2.24) is 0 Å². The van der Waals surface area contributed by atoms with Gasteiger partial charge >= 0.3 is 0 Å². The third kappa shape index (κ3) is 2.27. The number of phenolic OH excluding ortho intramolecular Hbond substituents is 2. The number of phenols is 2. The zero-order valence-corrected chi connectivity index (χ0v) is 12.0. The van der Waals surface area contributed by atoms with Crippen molar-refractivity contribution in [3.63, 3.8) is 0 Å². The second-order valence-corrected chi connectivity index (χ2v) is 5.33. The molecule has 0 spiro atoms. The van der Waals surface area contributed by atoms with Crippen LogP contribution in [0.1, 0.15) is 15.9 Å². The van der Waals surface area contributed by atoms with Crippen molar-refractivity contribution >= 4 is 27.8 Å². The van der Waals surface area contributed by atoms with Crippen LogP contribution in [0.3, 0.4) is 0 Å². The van der Waals surface area contributed by atoms with E-state index < -0.39 is 23.1 Å². The van der Waals surface area contributed by atoms with Gasteiger partial charge in [0.2, 0.25) is 11.5 Å². The fourth-order valence-corrected chi connectivity index (χ4v) is 2.32. The van der Waals surface area contributed by atoms with Crippen LogP contribution >= 0.6 is 15.9 Å². The molecule has 1 heterocycles. The van der Waals surface area contributed by atoms with Gasteiger partial charge in [-0.15, -0.1) is 0 Å². The highest BCUT2D eigenvalue weighted by Crippen LogP contribution is 2.44. The topological polar surface area (TPSA) is 66.8 Å². The molecule has 3 rings (SSSR count). The van der Waals surface area contributed by atoms with Crippen molar-refractivity contribution in [1.29, 1.82) is 0 Å². The number of fused-ring (bicyclic) bond motifs is 1. The number of hydrogen-bond acceptors (Lipinski definition) is 4. The predicted molar refractivity (Wildman–Crippen MR) is 76.8 cm³/mol. The molecule has 0 unspecified atom stereocenters. The van der Waals surface area contributed by atoms with E-state index in [0.29, 0.717) is 4.47 Å². The van der Waals surface area contributed by atoms with Crippen molar-refractivity contribution in [2.24, 2.45) is 0 Å². The lowest BCUT2D eigenvalue weighted by Gasteiger charge is -2.03. The summed E-state index contributed by atoms with van der Waals surface area (Å²) in [6.45, 7) is 0. The standard InChI is InChI=1S/C15H8BrFO4/c16-8-2-1-7(10(17)6-8)5-12-13(19)9-3-4-11(18)14(20)15(9)21-12/h1-6,18,20H. The van der Waals surface area contributed by atoms with Crippen LogP contribution in [0.25, 0.3) is 6.08 Å². The first kappa shape index (κ1) is 13.6. The molecule has 1 aliphatic rings. The molecule has 0 radical (unpaired) electrons. The van der Waals surface area contributed by atoms with Crippen LogP contribution < -0.4 is 4.74 Å². The van der Waals surface area contributed by atoms with Gasteiger partial charge in [0.05, 0.1) is 5.56 Å². The molecular formula is C15H8BrFO4. The van der Waals surface area contributed by atoms with Crippen molar-refractivity contribution in [2.75, 3.05) is 0 Å². The molecule has 0 atom stereocenters. The Balaban J connectivity index is 2.05. The molecule has 2 aromatic carbocycles. The molecule has 0 saturated heterocycles. The second kappa shape index (κ2) is 4.89. The number of carbonyl (C=O) groups excluding carboxylic acids is 1. The fourth-order valence-electron chi connectivity index (χ4n) is 1.99. The maximum absolute atomic E-state index is 13.8. The Morgan fingerprint density at radius 1 is 1.19 bits per heavy atom. The first-order valence-corrected chi connectivity index (χ1v) is 6.71. The molecule has 0 bridgehead atoms. The van der Waals surface area contributed by atoms with E-state index in [0.717, 1.165) is 0 Å². The van der Waals surface area contributed by atoms with E-state index in [2.05, 4.69) is 15.9 Å². The number of benzene rings is 2. The van der Waals surface area contributed by atoms with E-state index in [9.17, 15) is 19.4 Å².